The minimum absolute atomic E-state index is 0.317. The van der Waals surface area contributed by atoms with E-state index in [9.17, 15) is 70.7 Å². The van der Waals surface area contributed by atoms with E-state index in [4.69, 9.17) is 0 Å². The van der Waals surface area contributed by atoms with Gasteiger partial charge in [-0.3, -0.25) is 4.79 Å². The molecule has 1 aliphatic rings. The summed E-state index contributed by atoms with van der Waals surface area (Å²) in [4.78, 5) is 11.9. The fourth-order valence-electron chi connectivity index (χ4n) is 4.10. The van der Waals surface area contributed by atoms with Crippen LogP contribution < -0.4 is 0 Å². The van der Waals surface area contributed by atoms with Crippen LogP contribution in [-0.4, -0.2) is 47.5 Å². The molecule has 224 valence electrons. The molecule has 2 rings (SSSR count). The van der Waals surface area contributed by atoms with Crippen LogP contribution in [0.3, 0.4) is 0 Å². The molecule has 0 heterocycles. The highest BCUT2D eigenvalue weighted by molar-refractivity contribution is 6.02. The fourth-order valence-corrected chi connectivity index (χ4v) is 4.10. The van der Waals surface area contributed by atoms with Crippen LogP contribution in [0.5, 0.6) is 0 Å². The van der Waals surface area contributed by atoms with Gasteiger partial charge in [0.2, 0.25) is 5.78 Å². The van der Waals surface area contributed by atoms with Crippen LogP contribution in [-0.2, 0) is 6.42 Å². The van der Waals surface area contributed by atoms with Gasteiger partial charge in [0.15, 0.2) is 0 Å². The van der Waals surface area contributed by atoms with E-state index in [1.165, 1.54) is 0 Å². The maximum atomic E-state index is 14.2. The highest BCUT2D eigenvalue weighted by Gasteiger charge is 2.93. The van der Waals surface area contributed by atoms with Gasteiger partial charge in [-0.1, -0.05) is 56.9 Å². The highest BCUT2D eigenvalue weighted by atomic mass is 19.4. The number of ketones is 1. The van der Waals surface area contributed by atoms with Crippen molar-refractivity contribution in [2.75, 3.05) is 0 Å². The van der Waals surface area contributed by atoms with E-state index >= 15 is 0 Å². The van der Waals surface area contributed by atoms with Crippen molar-refractivity contribution < 1.29 is 70.7 Å². The third kappa shape index (κ3) is 5.44. The molecule has 0 aliphatic heterocycles. The standard InChI is InChI=1S/C23H21F15O/c1-12-2-4-13(5-3-12)6-7-14-8-10-15(11-9-14)16(39)17(24,25)18(26,27)19(28,29)20(30,31)21(32,33)22(34,35)23(36,37)38/h8-13H,2-7H2,1H3. The molecule has 1 saturated carbocycles. The minimum atomic E-state index is -8.42. The average Bonchev–Trinajstić information content (AvgIpc) is 2.82. The zero-order chi connectivity index (χ0) is 30.5. The van der Waals surface area contributed by atoms with E-state index in [0.29, 0.717) is 42.4 Å². The monoisotopic (exact) mass is 598 g/mol. The molecule has 0 atom stereocenters. The summed E-state index contributed by atoms with van der Waals surface area (Å²) < 4.78 is 200. The van der Waals surface area contributed by atoms with Crippen molar-refractivity contribution >= 4 is 5.78 Å². The molecule has 39 heavy (non-hydrogen) atoms. The van der Waals surface area contributed by atoms with E-state index in [1.54, 1.807) is 0 Å². The predicted octanol–water partition coefficient (Wildman–Crippen LogP) is 9.00. The topological polar surface area (TPSA) is 17.1 Å². The van der Waals surface area contributed by atoms with Gasteiger partial charge in [-0.2, -0.15) is 65.9 Å². The summed E-state index contributed by atoms with van der Waals surface area (Å²) >= 11 is 0. The Kier molecular flexibility index (Phi) is 8.77. The summed E-state index contributed by atoms with van der Waals surface area (Å²) in [5, 5.41) is 0. The van der Waals surface area contributed by atoms with Gasteiger partial charge in [-0.05, 0) is 30.2 Å². The van der Waals surface area contributed by atoms with Crippen molar-refractivity contribution in [3.63, 3.8) is 0 Å². The molecule has 1 aromatic carbocycles. The second-order valence-electron chi connectivity index (χ2n) is 9.63. The Bertz CT molecular complexity index is 1000. The van der Waals surface area contributed by atoms with Gasteiger partial charge in [0.1, 0.15) is 0 Å². The molecule has 1 fully saturated rings. The zero-order valence-electron chi connectivity index (χ0n) is 19.8. The number of aryl methyl sites for hydroxylation is 1. The molecule has 0 aromatic heterocycles. The maximum absolute atomic E-state index is 14.2. The quantitative estimate of drug-likeness (QED) is 0.194. The van der Waals surface area contributed by atoms with Gasteiger partial charge in [-0.25, -0.2) is 0 Å². The number of Topliss-reactive ketones (excluding diaryl/α,β-unsaturated/α-hetero) is 1. The normalized spacial score (nSPS) is 20.7. The number of benzene rings is 1. The molecular formula is C23H21F15O. The summed E-state index contributed by atoms with van der Waals surface area (Å²) in [5.74, 6) is -50.4. The lowest BCUT2D eigenvalue weighted by atomic mass is 9.80. The van der Waals surface area contributed by atoms with Crippen LogP contribution in [0, 0.1) is 11.8 Å². The van der Waals surface area contributed by atoms with Gasteiger partial charge in [0.05, 0.1) is 0 Å². The first-order valence-corrected chi connectivity index (χ1v) is 11.3. The molecule has 1 nitrogen and oxygen atoms in total. The predicted molar refractivity (Wildman–Crippen MR) is 106 cm³/mol. The van der Waals surface area contributed by atoms with Crippen LogP contribution in [0.4, 0.5) is 65.9 Å². The molecule has 0 saturated heterocycles. The van der Waals surface area contributed by atoms with Crippen LogP contribution in [0.25, 0.3) is 0 Å². The number of carbonyl (C=O) groups excluding carboxylic acids is 1. The lowest BCUT2D eigenvalue weighted by Crippen LogP contribution is -2.73. The molecule has 0 spiro atoms. The molecule has 0 bridgehead atoms. The molecule has 0 N–H and O–H groups in total. The first-order chi connectivity index (χ1) is 17.4. The van der Waals surface area contributed by atoms with Crippen molar-refractivity contribution in [1.29, 1.82) is 0 Å². The summed E-state index contributed by atoms with van der Waals surface area (Å²) in [6.45, 7) is 2.08. The van der Waals surface area contributed by atoms with Crippen molar-refractivity contribution in [1.82, 2.24) is 0 Å². The summed E-state index contributed by atoms with van der Waals surface area (Å²) in [7, 11) is 0. The molecular weight excluding hydrogens is 577 g/mol. The lowest BCUT2D eigenvalue weighted by Gasteiger charge is -2.41. The van der Waals surface area contributed by atoms with Gasteiger partial charge in [0.25, 0.3) is 0 Å². The van der Waals surface area contributed by atoms with Crippen molar-refractivity contribution in [3.8, 4) is 0 Å². The summed E-state index contributed by atoms with van der Waals surface area (Å²) in [6, 6.07) is 2.79. The second kappa shape index (κ2) is 10.3. The summed E-state index contributed by atoms with van der Waals surface area (Å²) in [6.07, 6.45) is -2.96. The number of hydrogen-bond acceptors (Lipinski definition) is 1. The Balaban J connectivity index is 2.31. The third-order valence-electron chi connectivity index (χ3n) is 6.81. The second-order valence-corrected chi connectivity index (χ2v) is 9.63. The van der Waals surface area contributed by atoms with Crippen LogP contribution in [0.1, 0.15) is 54.9 Å². The van der Waals surface area contributed by atoms with E-state index in [0.717, 1.165) is 37.8 Å². The Hall–Kier alpha value is -2.16. The lowest BCUT2D eigenvalue weighted by molar-refractivity contribution is -0.449. The van der Waals surface area contributed by atoms with Gasteiger partial charge in [0, 0.05) is 5.56 Å². The number of alkyl halides is 15. The number of carbonyl (C=O) groups is 1. The van der Waals surface area contributed by atoms with Gasteiger partial charge < -0.3 is 0 Å². The van der Waals surface area contributed by atoms with E-state index in [-0.39, 0.29) is 0 Å². The van der Waals surface area contributed by atoms with E-state index < -0.39 is 53.1 Å². The average molecular weight is 598 g/mol. The van der Waals surface area contributed by atoms with Crippen LogP contribution >= 0.6 is 0 Å². The Morgan fingerprint density at radius 3 is 1.49 bits per heavy atom. The number of rotatable bonds is 10. The number of hydrogen-bond donors (Lipinski definition) is 0. The van der Waals surface area contributed by atoms with Gasteiger partial charge in [-0.15, -0.1) is 0 Å². The fraction of sp³-hybridized carbons (Fsp3) is 0.696. The minimum Gasteiger partial charge on any atom is -0.287 e. The first kappa shape index (κ1) is 33.0. The van der Waals surface area contributed by atoms with Crippen LogP contribution in [0.2, 0.25) is 0 Å². The highest BCUT2D eigenvalue weighted by Crippen LogP contribution is 2.62. The molecule has 1 aliphatic carbocycles. The Labute approximate surface area is 211 Å². The molecule has 0 amide bonds. The largest absolute Gasteiger partial charge is 0.460 e. The maximum Gasteiger partial charge on any atom is 0.460 e. The third-order valence-corrected chi connectivity index (χ3v) is 6.81. The van der Waals surface area contributed by atoms with Crippen LogP contribution in [0.15, 0.2) is 24.3 Å². The Morgan fingerprint density at radius 1 is 0.641 bits per heavy atom. The molecule has 16 heteroatoms. The zero-order valence-corrected chi connectivity index (χ0v) is 19.8. The number of halogens is 15. The first-order valence-electron chi connectivity index (χ1n) is 11.3. The summed E-state index contributed by atoms with van der Waals surface area (Å²) in [5.41, 5.74) is -1.09. The van der Waals surface area contributed by atoms with E-state index in [1.807, 2.05) is 0 Å². The molecule has 0 unspecified atom stereocenters. The van der Waals surface area contributed by atoms with Crippen molar-refractivity contribution in [3.05, 3.63) is 35.4 Å². The SMILES string of the molecule is CC1CCC(CCc2ccc(C(=O)C(F)(F)C(F)(F)C(F)(F)C(F)(F)C(F)(F)C(F)(F)C(F)(F)F)cc2)CC1. The Morgan fingerprint density at radius 2 is 1.05 bits per heavy atom. The van der Waals surface area contributed by atoms with Crippen molar-refractivity contribution in [2.24, 2.45) is 11.8 Å². The molecule has 0 radical (unpaired) electrons. The van der Waals surface area contributed by atoms with E-state index in [2.05, 4.69) is 6.92 Å². The van der Waals surface area contributed by atoms with Gasteiger partial charge >= 0.3 is 41.7 Å². The van der Waals surface area contributed by atoms with Crippen molar-refractivity contribution in [2.45, 2.75) is 87.2 Å². The molecule has 1 aromatic rings. The smallest absolute Gasteiger partial charge is 0.287 e.